The molecule has 0 aliphatic heterocycles. The number of halogens is 2. The van der Waals surface area contributed by atoms with E-state index in [2.05, 4.69) is 5.32 Å². The quantitative estimate of drug-likeness (QED) is 0.909. The molecule has 0 heterocycles. The minimum atomic E-state index is -0.619. The fourth-order valence-corrected chi connectivity index (χ4v) is 1.80. The molecule has 3 nitrogen and oxygen atoms in total. The second-order valence-electron chi connectivity index (χ2n) is 4.21. The van der Waals surface area contributed by atoms with Crippen LogP contribution in [-0.4, -0.2) is 12.0 Å². The standard InChI is InChI=1S/C15H13Cl2NO2/c1-10(20-14-8-4-12(17)5-9-14)15(19)18-13-6-2-11(16)3-7-13/h2-10H,1H3,(H,18,19). The Kier molecular flexibility index (Phi) is 4.88. The third-order valence-corrected chi connectivity index (χ3v) is 3.11. The Labute approximate surface area is 127 Å². The molecular weight excluding hydrogens is 297 g/mol. The van der Waals surface area contributed by atoms with Crippen molar-refractivity contribution in [1.29, 1.82) is 0 Å². The number of benzene rings is 2. The van der Waals surface area contributed by atoms with Crippen molar-refractivity contribution >= 4 is 34.8 Å². The van der Waals surface area contributed by atoms with Crippen LogP contribution in [0, 0.1) is 0 Å². The molecule has 2 aromatic rings. The first-order valence-electron chi connectivity index (χ1n) is 6.03. The minimum absolute atomic E-state index is 0.234. The Balaban J connectivity index is 1.94. The number of carbonyl (C=O) groups is 1. The predicted molar refractivity (Wildman–Crippen MR) is 81.6 cm³/mol. The second kappa shape index (κ2) is 6.64. The lowest BCUT2D eigenvalue weighted by Crippen LogP contribution is -2.30. The number of hydrogen-bond donors (Lipinski definition) is 1. The lowest BCUT2D eigenvalue weighted by atomic mass is 10.3. The summed E-state index contributed by atoms with van der Waals surface area (Å²) in [6, 6.07) is 13.7. The van der Waals surface area contributed by atoms with Crippen LogP contribution in [0.15, 0.2) is 48.5 Å². The van der Waals surface area contributed by atoms with Gasteiger partial charge in [0.1, 0.15) is 5.75 Å². The van der Waals surface area contributed by atoms with E-state index in [4.69, 9.17) is 27.9 Å². The molecule has 20 heavy (non-hydrogen) atoms. The molecule has 104 valence electrons. The molecule has 0 fully saturated rings. The summed E-state index contributed by atoms with van der Waals surface area (Å²) in [6.45, 7) is 1.68. The molecule has 0 saturated heterocycles. The summed E-state index contributed by atoms with van der Waals surface area (Å²) in [4.78, 5) is 12.0. The van der Waals surface area contributed by atoms with E-state index in [1.54, 1.807) is 55.5 Å². The van der Waals surface area contributed by atoms with Gasteiger partial charge in [0.25, 0.3) is 5.91 Å². The van der Waals surface area contributed by atoms with Gasteiger partial charge < -0.3 is 10.1 Å². The first-order chi connectivity index (χ1) is 9.54. The molecule has 0 aromatic heterocycles. The van der Waals surface area contributed by atoms with Crippen molar-refractivity contribution in [3.63, 3.8) is 0 Å². The topological polar surface area (TPSA) is 38.3 Å². The molecule has 2 rings (SSSR count). The number of amides is 1. The summed E-state index contributed by atoms with van der Waals surface area (Å²) < 4.78 is 5.53. The molecule has 1 amide bonds. The van der Waals surface area contributed by atoms with E-state index < -0.39 is 6.10 Å². The zero-order valence-corrected chi connectivity index (χ0v) is 12.3. The highest BCUT2D eigenvalue weighted by molar-refractivity contribution is 6.30. The molecule has 1 unspecified atom stereocenters. The minimum Gasteiger partial charge on any atom is -0.481 e. The SMILES string of the molecule is CC(Oc1ccc(Cl)cc1)C(=O)Nc1ccc(Cl)cc1. The predicted octanol–water partition coefficient (Wildman–Crippen LogP) is 4.40. The van der Waals surface area contributed by atoms with Crippen molar-refractivity contribution < 1.29 is 9.53 Å². The largest absolute Gasteiger partial charge is 0.481 e. The van der Waals surface area contributed by atoms with Gasteiger partial charge in [0.15, 0.2) is 6.10 Å². The number of anilines is 1. The summed E-state index contributed by atoms with van der Waals surface area (Å²) in [7, 11) is 0. The van der Waals surface area contributed by atoms with Crippen molar-refractivity contribution in [2.24, 2.45) is 0 Å². The van der Waals surface area contributed by atoms with Gasteiger partial charge in [-0.05, 0) is 55.5 Å². The average Bonchev–Trinajstić information content (AvgIpc) is 2.44. The zero-order valence-electron chi connectivity index (χ0n) is 10.8. The maximum atomic E-state index is 12.0. The van der Waals surface area contributed by atoms with Crippen LogP contribution < -0.4 is 10.1 Å². The number of ether oxygens (including phenoxy) is 1. The van der Waals surface area contributed by atoms with Gasteiger partial charge in [0.05, 0.1) is 0 Å². The highest BCUT2D eigenvalue weighted by Crippen LogP contribution is 2.18. The monoisotopic (exact) mass is 309 g/mol. The van der Waals surface area contributed by atoms with Gasteiger partial charge in [0.2, 0.25) is 0 Å². The Morgan fingerprint density at radius 1 is 1.00 bits per heavy atom. The molecule has 1 N–H and O–H groups in total. The Hall–Kier alpha value is -1.71. The van der Waals surface area contributed by atoms with Crippen LogP contribution in [0.25, 0.3) is 0 Å². The summed E-state index contributed by atoms with van der Waals surface area (Å²) in [5, 5.41) is 3.99. The van der Waals surface area contributed by atoms with Crippen molar-refractivity contribution in [1.82, 2.24) is 0 Å². The van der Waals surface area contributed by atoms with Gasteiger partial charge in [-0.3, -0.25) is 4.79 Å². The van der Waals surface area contributed by atoms with Crippen molar-refractivity contribution in [2.45, 2.75) is 13.0 Å². The van der Waals surface area contributed by atoms with E-state index in [1.807, 2.05) is 0 Å². The van der Waals surface area contributed by atoms with E-state index in [1.165, 1.54) is 0 Å². The van der Waals surface area contributed by atoms with Crippen LogP contribution in [-0.2, 0) is 4.79 Å². The summed E-state index contributed by atoms with van der Waals surface area (Å²) in [5.41, 5.74) is 0.672. The Morgan fingerprint density at radius 3 is 2.05 bits per heavy atom. The molecular formula is C15H13Cl2NO2. The molecule has 2 aromatic carbocycles. The number of carbonyl (C=O) groups excluding carboxylic acids is 1. The van der Waals surface area contributed by atoms with Gasteiger partial charge in [-0.15, -0.1) is 0 Å². The third-order valence-electron chi connectivity index (χ3n) is 2.61. The highest BCUT2D eigenvalue weighted by atomic mass is 35.5. The van der Waals surface area contributed by atoms with E-state index in [-0.39, 0.29) is 5.91 Å². The van der Waals surface area contributed by atoms with Gasteiger partial charge >= 0.3 is 0 Å². The normalized spacial score (nSPS) is 11.8. The van der Waals surface area contributed by atoms with Gasteiger partial charge in [-0.1, -0.05) is 23.2 Å². The first kappa shape index (κ1) is 14.7. The number of hydrogen-bond acceptors (Lipinski definition) is 2. The smallest absolute Gasteiger partial charge is 0.265 e. The molecule has 5 heteroatoms. The summed E-state index contributed by atoms with van der Waals surface area (Å²) in [5.74, 6) is 0.357. The molecule has 0 spiro atoms. The van der Waals surface area contributed by atoms with Crippen LogP contribution >= 0.6 is 23.2 Å². The zero-order chi connectivity index (χ0) is 14.5. The van der Waals surface area contributed by atoms with Crippen molar-refractivity contribution in [3.05, 3.63) is 58.6 Å². The molecule has 0 aliphatic carbocycles. The van der Waals surface area contributed by atoms with Crippen LogP contribution in [0.2, 0.25) is 10.0 Å². The third kappa shape index (κ3) is 4.15. The average molecular weight is 310 g/mol. The molecule has 0 saturated carbocycles. The number of nitrogens with one attached hydrogen (secondary N) is 1. The molecule has 1 atom stereocenters. The first-order valence-corrected chi connectivity index (χ1v) is 6.79. The van der Waals surface area contributed by atoms with E-state index in [0.717, 1.165) is 0 Å². The number of rotatable bonds is 4. The molecule has 0 aliphatic rings. The second-order valence-corrected chi connectivity index (χ2v) is 5.08. The summed E-state index contributed by atoms with van der Waals surface area (Å²) >= 11 is 11.6. The van der Waals surface area contributed by atoms with E-state index >= 15 is 0 Å². The fourth-order valence-electron chi connectivity index (χ4n) is 1.55. The van der Waals surface area contributed by atoms with Crippen molar-refractivity contribution in [2.75, 3.05) is 5.32 Å². The lowest BCUT2D eigenvalue weighted by Gasteiger charge is -2.14. The van der Waals surface area contributed by atoms with Crippen LogP contribution in [0.1, 0.15) is 6.92 Å². The molecule has 0 bridgehead atoms. The van der Waals surface area contributed by atoms with Crippen LogP contribution in [0.5, 0.6) is 5.75 Å². The maximum absolute atomic E-state index is 12.0. The Bertz CT molecular complexity index is 582. The summed E-state index contributed by atoms with van der Waals surface area (Å²) in [6.07, 6.45) is -0.619. The van der Waals surface area contributed by atoms with E-state index in [0.29, 0.717) is 21.5 Å². The lowest BCUT2D eigenvalue weighted by molar-refractivity contribution is -0.122. The van der Waals surface area contributed by atoms with Crippen LogP contribution in [0.3, 0.4) is 0 Å². The Morgan fingerprint density at radius 2 is 1.50 bits per heavy atom. The van der Waals surface area contributed by atoms with Gasteiger partial charge in [-0.25, -0.2) is 0 Å². The van der Waals surface area contributed by atoms with Gasteiger partial charge in [-0.2, -0.15) is 0 Å². The van der Waals surface area contributed by atoms with Gasteiger partial charge in [0, 0.05) is 15.7 Å². The maximum Gasteiger partial charge on any atom is 0.265 e. The van der Waals surface area contributed by atoms with E-state index in [9.17, 15) is 4.79 Å². The van der Waals surface area contributed by atoms with Crippen LogP contribution in [0.4, 0.5) is 5.69 Å². The molecule has 0 radical (unpaired) electrons. The fraction of sp³-hybridized carbons (Fsp3) is 0.133. The highest BCUT2D eigenvalue weighted by Gasteiger charge is 2.14. The van der Waals surface area contributed by atoms with Crippen molar-refractivity contribution in [3.8, 4) is 5.75 Å².